The van der Waals surface area contributed by atoms with Crippen LogP contribution in [0.15, 0.2) is 54.6 Å². The molecule has 2 aromatic carbocycles. The van der Waals surface area contributed by atoms with Crippen molar-refractivity contribution >= 4 is 17.3 Å². The van der Waals surface area contributed by atoms with Crippen molar-refractivity contribution in [1.82, 2.24) is 4.90 Å². The Kier molecular flexibility index (Phi) is 6.82. The highest BCUT2D eigenvalue weighted by molar-refractivity contribution is 5.92. The third-order valence-corrected chi connectivity index (χ3v) is 3.99. The minimum atomic E-state index is 0.00372. The molecule has 0 saturated heterocycles. The molecule has 128 valence electrons. The summed E-state index contributed by atoms with van der Waals surface area (Å²) in [5.74, 6) is 0.00372. The summed E-state index contributed by atoms with van der Waals surface area (Å²) in [7, 11) is 1.95. The summed E-state index contributed by atoms with van der Waals surface area (Å²) in [5.41, 5.74) is 3.22. The number of nitrogens with one attached hydrogen (secondary N) is 1. The summed E-state index contributed by atoms with van der Waals surface area (Å²) < 4.78 is 0. The van der Waals surface area contributed by atoms with E-state index in [2.05, 4.69) is 48.3 Å². The van der Waals surface area contributed by atoms with Crippen LogP contribution in [0.25, 0.3) is 0 Å². The van der Waals surface area contributed by atoms with Crippen LogP contribution in [0.5, 0.6) is 0 Å². The minimum absolute atomic E-state index is 0.00372. The fourth-order valence-electron chi connectivity index (χ4n) is 2.74. The number of hydrogen-bond donors (Lipinski definition) is 1. The molecular weight excluding hydrogens is 298 g/mol. The maximum atomic E-state index is 12.2. The molecule has 0 radical (unpaired) electrons. The molecule has 0 bridgehead atoms. The molecule has 0 aliphatic rings. The van der Waals surface area contributed by atoms with E-state index in [0.29, 0.717) is 6.54 Å². The summed E-state index contributed by atoms with van der Waals surface area (Å²) in [5, 5.41) is 2.96. The van der Waals surface area contributed by atoms with Crippen molar-refractivity contribution < 1.29 is 4.79 Å². The van der Waals surface area contributed by atoms with Crippen molar-refractivity contribution in [2.75, 3.05) is 36.9 Å². The number of nitrogens with zero attached hydrogens (tertiary/aromatic N) is 2. The second-order valence-electron chi connectivity index (χ2n) is 5.93. The van der Waals surface area contributed by atoms with Crippen LogP contribution in [0.3, 0.4) is 0 Å². The van der Waals surface area contributed by atoms with Crippen LogP contribution < -0.4 is 10.2 Å². The first-order valence-corrected chi connectivity index (χ1v) is 8.49. The van der Waals surface area contributed by atoms with Gasteiger partial charge < -0.3 is 10.2 Å². The number of carbonyl (C=O) groups excluding carboxylic acids is 1. The van der Waals surface area contributed by atoms with E-state index < -0.39 is 0 Å². The number of benzene rings is 2. The molecule has 4 heteroatoms. The summed E-state index contributed by atoms with van der Waals surface area (Å²) >= 11 is 0. The van der Waals surface area contributed by atoms with Gasteiger partial charge in [0.25, 0.3) is 0 Å². The van der Waals surface area contributed by atoms with Crippen molar-refractivity contribution in [2.45, 2.75) is 20.4 Å². The lowest BCUT2D eigenvalue weighted by Crippen LogP contribution is -2.29. The van der Waals surface area contributed by atoms with E-state index in [4.69, 9.17) is 0 Å². The van der Waals surface area contributed by atoms with E-state index >= 15 is 0 Å². The third-order valence-electron chi connectivity index (χ3n) is 3.99. The average molecular weight is 325 g/mol. The molecule has 0 unspecified atom stereocenters. The molecule has 2 aromatic rings. The highest BCUT2D eigenvalue weighted by atomic mass is 16.2. The zero-order chi connectivity index (χ0) is 17.4. The molecule has 24 heavy (non-hydrogen) atoms. The lowest BCUT2D eigenvalue weighted by molar-refractivity contribution is -0.117. The van der Waals surface area contributed by atoms with Gasteiger partial charge in [0.2, 0.25) is 5.91 Å². The molecule has 0 spiro atoms. The lowest BCUT2D eigenvalue weighted by Gasteiger charge is -2.21. The number of hydrogen-bond acceptors (Lipinski definition) is 3. The standard InChI is InChI=1S/C20H27N3O/c1-4-23(5-2)19-13-11-18(12-14-19)21-20(24)16-22(3)15-17-9-7-6-8-10-17/h6-14H,4-5,15-16H2,1-3H3,(H,21,24). The van der Waals surface area contributed by atoms with Crippen molar-refractivity contribution in [1.29, 1.82) is 0 Å². The molecule has 0 heterocycles. The Morgan fingerprint density at radius 3 is 2.17 bits per heavy atom. The van der Waals surface area contributed by atoms with E-state index in [0.717, 1.165) is 25.3 Å². The number of carbonyl (C=O) groups is 1. The van der Waals surface area contributed by atoms with Crippen LogP contribution in [0.1, 0.15) is 19.4 Å². The summed E-state index contributed by atoms with van der Waals surface area (Å²) in [6, 6.07) is 18.2. The summed E-state index contributed by atoms with van der Waals surface area (Å²) in [4.78, 5) is 16.5. The molecule has 0 atom stereocenters. The molecule has 1 amide bonds. The van der Waals surface area contributed by atoms with Crippen LogP contribution >= 0.6 is 0 Å². The van der Waals surface area contributed by atoms with Gasteiger partial charge in [0.1, 0.15) is 0 Å². The van der Waals surface area contributed by atoms with Gasteiger partial charge in [0.05, 0.1) is 6.54 Å². The normalized spacial score (nSPS) is 10.7. The first-order chi connectivity index (χ1) is 11.6. The van der Waals surface area contributed by atoms with E-state index in [9.17, 15) is 4.79 Å². The Labute approximate surface area is 145 Å². The molecule has 0 saturated carbocycles. The number of anilines is 2. The SMILES string of the molecule is CCN(CC)c1ccc(NC(=O)CN(C)Cc2ccccc2)cc1. The quantitative estimate of drug-likeness (QED) is 0.805. The smallest absolute Gasteiger partial charge is 0.238 e. The fourth-order valence-corrected chi connectivity index (χ4v) is 2.74. The number of likely N-dealkylation sites (N-methyl/N-ethyl adjacent to an activating group) is 1. The molecule has 0 aliphatic heterocycles. The van der Waals surface area contributed by atoms with Crippen LogP contribution in [0.2, 0.25) is 0 Å². The molecular formula is C20H27N3O. The van der Waals surface area contributed by atoms with E-state index in [-0.39, 0.29) is 5.91 Å². The first-order valence-electron chi connectivity index (χ1n) is 8.49. The number of amides is 1. The van der Waals surface area contributed by atoms with Gasteiger partial charge in [-0.1, -0.05) is 30.3 Å². The first kappa shape index (κ1) is 18.0. The Hall–Kier alpha value is -2.33. The largest absolute Gasteiger partial charge is 0.372 e. The maximum absolute atomic E-state index is 12.2. The fraction of sp³-hybridized carbons (Fsp3) is 0.350. The number of rotatable bonds is 8. The highest BCUT2D eigenvalue weighted by Gasteiger charge is 2.08. The zero-order valence-corrected chi connectivity index (χ0v) is 14.8. The van der Waals surface area contributed by atoms with Gasteiger partial charge in [-0.3, -0.25) is 9.69 Å². The Morgan fingerprint density at radius 1 is 0.958 bits per heavy atom. The minimum Gasteiger partial charge on any atom is -0.372 e. The topological polar surface area (TPSA) is 35.6 Å². The zero-order valence-electron chi connectivity index (χ0n) is 14.8. The predicted octanol–water partition coefficient (Wildman–Crippen LogP) is 3.60. The second-order valence-corrected chi connectivity index (χ2v) is 5.93. The van der Waals surface area contributed by atoms with Crippen molar-refractivity contribution in [3.05, 3.63) is 60.2 Å². The maximum Gasteiger partial charge on any atom is 0.238 e. The van der Waals surface area contributed by atoms with Crippen molar-refractivity contribution in [2.24, 2.45) is 0 Å². The van der Waals surface area contributed by atoms with Crippen LogP contribution in [0.4, 0.5) is 11.4 Å². The van der Waals surface area contributed by atoms with Gasteiger partial charge >= 0.3 is 0 Å². The van der Waals surface area contributed by atoms with Crippen LogP contribution in [0, 0.1) is 0 Å². The van der Waals surface area contributed by atoms with Gasteiger partial charge in [-0.2, -0.15) is 0 Å². The monoisotopic (exact) mass is 325 g/mol. The Bertz CT molecular complexity index is 621. The van der Waals surface area contributed by atoms with Crippen molar-refractivity contribution in [3.8, 4) is 0 Å². The van der Waals surface area contributed by atoms with Crippen LogP contribution in [-0.2, 0) is 11.3 Å². The van der Waals surface area contributed by atoms with Crippen LogP contribution in [-0.4, -0.2) is 37.5 Å². The van der Waals surface area contributed by atoms with Gasteiger partial charge in [-0.25, -0.2) is 0 Å². The van der Waals surface area contributed by atoms with E-state index in [1.54, 1.807) is 0 Å². The molecule has 0 fully saturated rings. The van der Waals surface area contributed by atoms with Gasteiger partial charge in [-0.15, -0.1) is 0 Å². The Morgan fingerprint density at radius 2 is 1.58 bits per heavy atom. The van der Waals surface area contributed by atoms with Gasteiger partial charge in [0, 0.05) is 31.0 Å². The predicted molar refractivity (Wildman–Crippen MR) is 101 cm³/mol. The molecule has 0 aromatic heterocycles. The average Bonchev–Trinajstić information content (AvgIpc) is 2.58. The third kappa shape index (κ3) is 5.39. The molecule has 2 rings (SSSR count). The lowest BCUT2D eigenvalue weighted by atomic mass is 10.2. The second kappa shape index (κ2) is 9.08. The van der Waals surface area contributed by atoms with Crippen molar-refractivity contribution in [3.63, 3.8) is 0 Å². The Balaban J connectivity index is 1.85. The summed E-state index contributed by atoms with van der Waals surface area (Å²) in [6.45, 7) is 7.37. The van der Waals surface area contributed by atoms with E-state index in [1.165, 1.54) is 11.3 Å². The van der Waals surface area contributed by atoms with E-state index in [1.807, 2.05) is 42.3 Å². The highest BCUT2D eigenvalue weighted by Crippen LogP contribution is 2.17. The molecule has 4 nitrogen and oxygen atoms in total. The molecule has 0 aliphatic carbocycles. The van der Waals surface area contributed by atoms with Gasteiger partial charge in [0.15, 0.2) is 0 Å². The summed E-state index contributed by atoms with van der Waals surface area (Å²) in [6.07, 6.45) is 0. The van der Waals surface area contributed by atoms with Gasteiger partial charge in [-0.05, 0) is 50.7 Å². The molecule has 1 N–H and O–H groups in total.